The van der Waals surface area contributed by atoms with Crippen LogP contribution in [0, 0.1) is 0 Å². The Balaban J connectivity index is 1.90. The molecule has 1 aliphatic rings. The zero-order chi connectivity index (χ0) is 21.0. The molecule has 1 saturated heterocycles. The lowest BCUT2D eigenvalue weighted by Crippen LogP contribution is -2.19. The lowest BCUT2D eigenvalue weighted by atomic mass is 10.2. The molecule has 29 heavy (non-hydrogen) atoms. The van der Waals surface area contributed by atoms with Gasteiger partial charge in [0.05, 0.1) is 16.2 Å². The molecular formula is C20H14ClF3N2O2S. The van der Waals surface area contributed by atoms with Crippen molar-refractivity contribution >= 4 is 46.2 Å². The molecule has 2 aromatic rings. The van der Waals surface area contributed by atoms with E-state index in [0.717, 1.165) is 23.9 Å². The number of thioether (sulfide) groups is 1. The first-order valence-electron chi connectivity index (χ1n) is 8.27. The monoisotopic (exact) mass is 438 g/mol. The average molecular weight is 439 g/mol. The highest BCUT2D eigenvalue weighted by Crippen LogP contribution is 2.39. The zero-order valence-corrected chi connectivity index (χ0v) is 16.4. The van der Waals surface area contributed by atoms with E-state index in [1.165, 1.54) is 6.07 Å². The predicted molar refractivity (Wildman–Crippen MR) is 109 cm³/mol. The van der Waals surface area contributed by atoms with Gasteiger partial charge in [-0.3, -0.25) is 4.79 Å². The van der Waals surface area contributed by atoms with E-state index in [2.05, 4.69) is 16.9 Å². The van der Waals surface area contributed by atoms with Crippen molar-refractivity contribution < 1.29 is 22.7 Å². The fourth-order valence-electron chi connectivity index (χ4n) is 2.44. The van der Waals surface area contributed by atoms with Crippen LogP contribution in [0.1, 0.15) is 11.1 Å². The number of carbonyl (C=O) groups is 1. The Labute approximate surface area is 174 Å². The van der Waals surface area contributed by atoms with Crippen molar-refractivity contribution in [3.63, 3.8) is 0 Å². The van der Waals surface area contributed by atoms with E-state index in [1.807, 2.05) is 0 Å². The first-order chi connectivity index (χ1) is 13.8. The van der Waals surface area contributed by atoms with Crippen LogP contribution < -0.4 is 10.1 Å². The molecule has 2 aromatic carbocycles. The van der Waals surface area contributed by atoms with Gasteiger partial charge in [0.2, 0.25) is 0 Å². The molecule has 0 aromatic heterocycles. The van der Waals surface area contributed by atoms with Crippen LogP contribution in [0.25, 0.3) is 6.08 Å². The summed E-state index contributed by atoms with van der Waals surface area (Å²) in [7, 11) is 0. The van der Waals surface area contributed by atoms with Crippen LogP contribution in [0.3, 0.4) is 0 Å². The number of para-hydroxylation sites is 1. The van der Waals surface area contributed by atoms with Gasteiger partial charge in [-0.25, -0.2) is 4.99 Å². The molecule has 1 fully saturated rings. The molecule has 9 heteroatoms. The van der Waals surface area contributed by atoms with Crippen molar-refractivity contribution in [2.24, 2.45) is 4.99 Å². The van der Waals surface area contributed by atoms with Crippen LogP contribution in [0.4, 0.5) is 18.9 Å². The Hall–Kier alpha value is -2.71. The number of alkyl halides is 3. The summed E-state index contributed by atoms with van der Waals surface area (Å²) < 4.78 is 45.3. The smallest absolute Gasteiger partial charge is 0.418 e. The van der Waals surface area contributed by atoms with E-state index in [0.29, 0.717) is 17.9 Å². The highest BCUT2D eigenvalue weighted by molar-refractivity contribution is 8.18. The summed E-state index contributed by atoms with van der Waals surface area (Å²) in [4.78, 5) is 16.5. The number of amides is 1. The van der Waals surface area contributed by atoms with E-state index in [-0.39, 0.29) is 20.8 Å². The van der Waals surface area contributed by atoms with Crippen LogP contribution in [0.2, 0.25) is 5.02 Å². The van der Waals surface area contributed by atoms with Gasteiger partial charge in [-0.2, -0.15) is 13.2 Å². The van der Waals surface area contributed by atoms with E-state index in [1.54, 1.807) is 36.4 Å². The number of benzene rings is 2. The Kier molecular flexibility index (Phi) is 6.34. The molecule has 4 nitrogen and oxygen atoms in total. The Morgan fingerprint density at radius 3 is 2.72 bits per heavy atom. The molecule has 1 heterocycles. The fourth-order valence-corrected chi connectivity index (χ4v) is 3.44. The zero-order valence-electron chi connectivity index (χ0n) is 14.8. The van der Waals surface area contributed by atoms with Crippen LogP contribution in [-0.2, 0) is 11.0 Å². The molecule has 1 N–H and O–H groups in total. The van der Waals surface area contributed by atoms with E-state index >= 15 is 0 Å². The maximum Gasteiger partial charge on any atom is 0.418 e. The summed E-state index contributed by atoms with van der Waals surface area (Å²) in [5, 5.41) is 2.46. The molecular weight excluding hydrogens is 425 g/mol. The Bertz CT molecular complexity index is 1020. The normalized spacial score (nSPS) is 16.9. The van der Waals surface area contributed by atoms with E-state index in [9.17, 15) is 18.0 Å². The van der Waals surface area contributed by atoms with Gasteiger partial charge in [0.25, 0.3) is 5.91 Å². The van der Waals surface area contributed by atoms with Gasteiger partial charge in [-0.05, 0) is 42.1 Å². The second-order valence-electron chi connectivity index (χ2n) is 5.78. The fraction of sp³-hybridized carbons (Fsp3) is 0.100. The standard InChI is InChI=1S/C20H14ClF3N2O2S/c1-2-9-28-16-6-4-3-5-12(16)10-17-18(27)26-19(29-17)25-15-8-7-13(21)11-14(15)20(22,23)24/h2-8,10-11H,1,9H2,(H,25,26,27)/b17-10-. The maximum absolute atomic E-state index is 13.2. The van der Waals surface area contributed by atoms with Gasteiger partial charge in [-0.1, -0.05) is 42.5 Å². The summed E-state index contributed by atoms with van der Waals surface area (Å²) in [5.74, 6) is 0.0885. The summed E-state index contributed by atoms with van der Waals surface area (Å²) in [6, 6.07) is 10.3. The van der Waals surface area contributed by atoms with Crippen LogP contribution in [-0.4, -0.2) is 17.7 Å². The Morgan fingerprint density at radius 1 is 1.24 bits per heavy atom. The number of amidine groups is 1. The van der Waals surface area contributed by atoms with Crippen molar-refractivity contribution in [3.05, 3.63) is 76.2 Å². The van der Waals surface area contributed by atoms with Crippen molar-refractivity contribution in [1.29, 1.82) is 0 Å². The number of aliphatic imine (C=N–C) groups is 1. The summed E-state index contributed by atoms with van der Waals surface area (Å²) in [6.45, 7) is 3.88. The van der Waals surface area contributed by atoms with E-state index in [4.69, 9.17) is 16.3 Å². The number of nitrogens with zero attached hydrogens (tertiary/aromatic N) is 1. The molecule has 0 atom stereocenters. The minimum Gasteiger partial charge on any atom is -0.489 e. The third-order valence-electron chi connectivity index (χ3n) is 3.70. The number of hydrogen-bond acceptors (Lipinski definition) is 4. The summed E-state index contributed by atoms with van der Waals surface area (Å²) >= 11 is 6.62. The van der Waals surface area contributed by atoms with Gasteiger partial charge in [0, 0.05) is 10.6 Å². The van der Waals surface area contributed by atoms with Gasteiger partial charge in [-0.15, -0.1) is 0 Å². The summed E-state index contributed by atoms with van der Waals surface area (Å²) in [6.07, 6.45) is -1.44. The lowest BCUT2D eigenvalue weighted by Gasteiger charge is -2.10. The molecule has 0 spiro atoms. The second-order valence-corrected chi connectivity index (χ2v) is 7.25. The molecule has 1 aliphatic heterocycles. The van der Waals surface area contributed by atoms with Crippen molar-refractivity contribution in [2.45, 2.75) is 6.18 Å². The van der Waals surface area contributed by atoms with Crippen LogP contribution >= 0.6 is 23.4 Å². The third kappa shape index (κ3) is 5.21. The number of rotatable bonds is 5. The topological polar surface area (TPSA) is 50.7 Å². The van der Waals surface area contributed by atoms with Crippen LogP contribution in [0.5, 0.6) is 5.75 Å². The number of nitrogens with one attached hydrogen (secondary N) is 1. The number of carbonyl (C=O) groups excluding carboxylic acids is 1. The highest BCUT2D eigenvalue weighted by atomic mass is 35.5. The van der Waals surface area contributed by atoms with Crippen molar-refractivity contribution in [2.75, 3.05) is 6.61 Å². The molecule has 0 unspecified atom stereocenters. The van der Waals surface area contributed by atoms with Gasteiger partial charge < -0.3 is 10.1 Å². The van der Waals surface area contributed by atoms with Crippen molar-refractivity contribution in [3.8, 4) is 5.75 Å². The largest absolute Gasteiger partial charge is 0.489 e. The average Bonchev–Trinajstić information content (AvgIpc) is 3.00. The van der Waals surface area contributed by atoms with Gasteiger partial charge in [0.15, 0.2) is 5.17 Å². The molecule has 0 aliphatic carbocycles. The van der Waals surface area contributed by atoms with Gasteiger partial charge >= 0.3 is 6.18 Å². The molecule has 0 bridgehead atoms. The lowest BCUT2D eigenvalue weighted by molar-refractivity contribution is -0.137. The minimum absolute atomic E-state index is 0.0403. The van der Waals surface area contributed by atoms with E-state index < -0.39 is 17.6 Å². The molecule has 0 radical (unpaired) electrons. The predicted octanol–water partition coefficient (Wildman–Crippen LogP) is 5.82. The first kappa shape index (κ1) is 21.0. The molecule has 0 saturated carbocycles. The maximum atomic E-state index is 13.2. The molecule has 1 amide bonds. The third-order valence-corrected chi connectivity index (χ3v) is 4.84. The molecule has 150 valence electrons. The van der Waals surface area contributed by atoms with Gasteiger partial charge in [0.1, 0.15) is 12.4 Å². The minimum atomic E-state index is -4.63. The van der Waals surface area contributed by atoms with Crippen molar-refractivity contribution in [1.82, 2.24) is 5.32 Å². The SMILES string of the molecule is C=CCOc1ccccc1/C=C1\SC(=Nc2ccc(Cl)cc2C(F)(F)F)NC1=O. The quantitative estimate of drug-likeness (QED) is 0.473. The second kappa shape index (κ2) is 8.75. The first-order valence-corrected chi connectivity index (χ1v) is 9.46. The van der Waals surface area contributed by atoms with Crippen LogP contribution in [0.15, 0.2) is 65.0 Å². The Morgan fingerprint density at radius 2 is 2.00 bits per heavy atom. The number of ether oxygens (including phenoxy) is 1. The number of hydrogen-bond donors (Lipinski definition) is 1. The molecule has 3 rings (SSSR count). The summed E-state index contributed by atoms with van der Waals surface area (Å²) in [5.41, 5.74) is -0.663. The highest BCUT2D eigenvalue weighted by Gasteiger charge is 2.34. The number of halogens is 4.